The maximum Gasteiger partial charge on any atom is 0.139 e. The lowest BCUT2D eigenvalue weighted by atomic mass is 10.1. The number of nitrogens with zero attached hydrogens (tertiary/aromatic N) is 1. The van der Waals surface area contributed by atoms with Crippen LogP contribution in [0.4, 0.5) is 0 Å². The lowest BCUT2D eigenvalue weighted by Crippen LogP contribution is -2.38. The van der Waals surface area contributed by atoms with Gasteiger partial charge in [0.25, 0.3) is 0 Å². The van der Waals surface area contributed by atoms with Gasteiger partial charge in [-0.3, -0.25) is 4.98 Å². The number of aromatic nitrogens is 1. The van der Waals surface area contributed by atoms with E-state index in [2.05, 4.69) is 10.3 Å². The second-order valence-electron chi connectivity index (χ2n) is 3.80. The lowest BCUT2D eigenvalue weighted by molar-refractivity contribution is 0.238. The molecule has 1 saturated heterocycles. The Balaban J connectivity index is 1.81. The van der Waals surface area contributed by atoms with Gasteiger partial charge in [-0.2, -0.15) is 0 Å². The van der Waals surface area contributed by atoms with Crippen LogP contribution < -0.4 is 10.1 Å². The third-order valence-electron chi connectivity index (χ3n) is 2.54. The second kappa shape index (κ2) is 5.33. The standard InChI is InChI=1S/C11H15ClN2O/c12-9-5-11(7-13-6-9)15-8-10-3-1-2-4-14-10/h5-7,10,14H,1-4,8H2. The van der Waals surface area contributed by atoms with Crippen molar-refractivity contribution in [3.63, 3.8) is 0 Å². The van der Waals surface area contributed by atoms with Gasteiger partial charge in [-0.15, -0.1) is 0 Å². The van der Waals surface area contributed by atoms with E-state index in [0.29, 0.717) is 17.7 Å². The zero-order valence-corrected chi connectivity index (χ0v) is 9.33. The summed E-state index contributed by atoms with van der Waals surface area (Å²) in [6.45, 7) is 1.80. The fourth-order valence-corrected chi connectivity index (χ4v) is 1.90. The normalized spacial score (nSPS) is 21.3. The van der Waals surface area contributed by atoms with Gasteiger partial charge in [0, 0.05) is 18.3 Å². The van der Waals surface area contributed by atoms with E-state index in [1.165, 1.54) is 19.3 Å². The Labute approximate surface area is 94.8 Å². The molecule has 0 bridgehead atoms. The summed E-state index contributed by atoms with van der Waals surface area (Å²) in [6.07, 6.45) is 7.04. The van der Waals surface area contributed by atoms with Crippen LogP contribution in [0.15, 0.2) is 18.5 Å². The maximum atomic E-state index is 5.81. The van der Waals surface area contributed by atoms with Crippen LogP contribution in [0.5, 0.6) is 5.75 Å². The first-order valence-corrected chi connectivity index (χ1v) is 5.69. The highest BCUT2D eigenvalue weighted by Crippen LogP contribution is 2.16. The van der Waals surface area contributed by atoms with Gasteiger partial charge < -0.3 is 10.1 Å². The SMILES string of the molecule is Clc1cncc(OCC2CCCCN2)c1. The molecule has 1 unspecified atom stereocenters. The van der Waals surface area contributed by atoms with Crippen molar-refractivity contribution in [3.05, 3.63) is 23.5 Å². The molecule has 82 valence electrons. The smallest absolute Gasteiger partial charge is 0.139 e. The van der Waals surface area contributed by atoms with Gasteiger partial charge in [0.2, 0.25) is 0 Å². The van der Waals surface area contributed by atoms with E-state index in [9.17, 15) is 0 Å². The topological polar surface area (TPSA) is 34.1 Å². The quantitative estimate of drug-likeness (QED) is 0.859. The second-order valence-corrected chi connectivity index (χ2v) is 4.23. The van der Waals surface area contributed by atoms with Crippen LogP contribution in [0.25, 0.3) is 0 Å². The van der Waals surface area contributed by atoms with Crippen molar-refractivity contribution in [1.29, 1.82) is 0 Å². The van der Waals surface area contributed by atoms with Crippen molar-refractivity contribution in [3.8, 4) is 5.75 Å². The minimum Gasteiger partial charge on any atom is -0.490 e. The Hall–Kier alpha value is -0.800. The fourth-order valence-electron chi connectivity index (χ4n) is 1.73. The van der Waals surface area contributed by atoms with Crippen LogP contribution >= 0.6 is 11.6 Å². The average Bonchev–Trinajstić information content (AvgIpc) is 2.28. The molecular formula is C11H15ClN2O. The zero-order valence-electron chi connectivity index (χ0n) is 8.58. The highest BCUT2D eigenvalue weighted by molar-refractivity contribution is 6.30. The van der Waals surface area contributed by atoms with Gasteiger partial charge in [-0.25, -0.2) is 0 Å². The van der Waals surface area contributed by atoms with E-state index < -0.39 is 0 Å². The number of ether oxygens (including phenoxy) is 1. The summed E-state index contributed by atoms with van der Waals surface area (Å²) >= 11 is 5.81. The average molecular weight is 227 g/mol. The number of nitrogens with one attached hydrogen (secondary N) is 1. The number of pyridine rings is 1. The van der Waals surface area contributed by atoms with Crippen LogP contribution in [0.1, 0.15) is 19.3 Å². The van der Waals surface area contributed by atoms with Crippen LogP contribution in [-0.2, 0) is 0 Å². The van der Waals surface area contributed by atoms with Crippen molar-refractivity contribution >= 4 is 11.6 Å². The summed E-state index contributed by atoms with van der Waals surface area (Å²) in [7, 11) is 0. The van der Waals surface area contributed by atoms with Gasteiger partial charge in [-0.05, 0) is 19.4 Å². The molecule has 15 heavy (non-hydrogen) atoms. The summed E-state index contributed by atoms with van der Waals surface area (Å²) < 4.78 is 5.62. The molecule has 1 aromatic heterocycles. The summed E-state index contributed by atoms with van der Waals surface area (Å²) in [5.74, 6) is 0.745. The van der Waals surface area contributed by atoms with E-state index in [-0.39, 0.29) is 0 Å². The molecule has 1 fully saturated rings. The number of halogens is 1. The number of rotatable bonds is 3. The van der Waals surface area contributed by atoms with E-state index in [1.54, 1.807) is 18.5 Å². The number of hydrogen-bond acceptors (Lipinski definition) is 3. The fraction of sp³-hybridized carbons (Fsp3) is 0.545. The summed E-state index contributed by atoms with van der Waals surface area (Å²) in [6, 6.07) is 2.26. The van der Waals surface area contributed by atoms with E-state index in [1.807, 2.05) is 0 Å². The molecule has 1 aromatic rings. The van der Waals surface area contributed by atoms with Gasteiger partial charge in [0.05, 0.1) is 11.2 Å². The van der Waals surface area contributed by atoms with Gasteiger partial charge >= 0.3 is 0 Å². The van der Waals surface area contributed by atoms with Gasteiger partial charge in [-0.1, -0.05) is 18.0 Å². The first kappa shape index (κ1) is 10.7. The molecule has 0 aromatic carbocycles. The van der Waals surface area contributed by atoms with Crippen LogP contribution in [-0.4, -0.2) is 24.2 Å². The molecule has 1 N–H and O–H groups in total. The molecule has 0 aliphatic carbocycles. The molecule has 1 aliphatic heterocycles. The minimum absolute atomic E-state index is 0.470. The third kappa shape index (κ3) is 3.36. The summed E-state index contributed by atoms with van der Waals surface area (Å²) in [5, 5.41) is 4.04. The number of piperidine rings is 1. The monoisotopic (exact) mass is 226 g/mol. The Kier molecular flexibility index (Phi) is 3.80. The first-order chi connectivity index (χ1) is 7.34. The molecule has 3 nitrogen and oxygen atoms in total. The first-order valence-electron chi connectivity index (χ1n) is 5.31. The molecule has 2 heterocycles. The van der Waals surface area contributed by atoms with E-state index in [0.717, 1.165) is 12.3 Å². The predicted octanol–water partition coefficient (Wildman–Crippen LogP) is 2.26. The number of hydrogen-bond donors (Lipinski definition) is 1. The third-order valence-corrected chi connectivity index (χ3v) is 2.75. The molecule has 2 rings (SSSR count). The lowest BCUT2D eigenvalue weighted by Gasteiger charge is -2.23. The van der Waals surface area contributed by atoms with Crippen molar-refractivity contribution in [2.24, 2.45) is 0 Å². The van der Waals surface area contributed by atoms with Crippen molar-refractivity contribution in [2.75, 3.05) is 13.2 Å². The molecule has 0 spiro atoms. The highest BCUT2D eigenvalue weighted by Gasteiger charge is 2.12. The van der Waals surface area contributed by atoms with Crippen LogP contribution in [0.2, 0.25) is 5.02 Å². The molecular weight excluding hydrogens is 212 g/mol. The largest absolute Gasteiger partial charge is 0.490 e. The molecule has 0 amide bonds. The van der Waals surface area contributed by atoms with Gasteiger partial charge in [0.1, 0.15) is 12.4 Å². The Bertz CT molecular complexity index is 313. The molecule has 0 saturated carbocycles. The molecule has 4 heteroatoms. The zero-order chi connectivity index (χ0) is 10.5. The maximum absolute atomic E-state index is 5.81. The highest BCUT2D eigenvalue weighted by atomic mass is 35.5. The van der Waals surface area contributed by atoms with E-state index in [4.69, 9.17) is 16.3 Å². The Morgan fingerprint density at radius 1 is 1.47 bits per heavy atom. The van der Waals surface area contributed by atoms with Crippen LogP contribution in [0.3, 0.4) is 0 Å². The summed E-state index contributed by atoms with van der Waals surface area (Å²) in [4.78, 5) is 3.97. The van der Waals surface area contributed by atoms with Crippen LogP contribution in [0, 0.1) is 0 Å². The van der Waals surface area contributed by atoms with Crippen molar-refractivity contribution < 1.29 is 4.74 Å². The molecule has 1 atom stereocenters. The Morgan fingerprint density at radius 3 is 3.13 bits per heavy atom. The Morgan fingerprint density at radius 2 is 2.40 bits per heavy atom. The molecule has 1 aliphatic rings. The van der Waals surface area contributed by atoms with Gasteiger partial charge in [0.15, 0.2) is 0 Å². The minimum atomic E-state index is 0.470. The van der Waals surface area contributed by atoms with E-state index >= 15 is 0 Å². The van der Waals surface area contributed by atoms with Crippen molar-refractivity contribution in [2.45, 2.75) is 25.3 Å². The predicted molar refractivity (Wildman–Crippen MR) is 60.4 cm³/mol. The summed E-state index contributed by atoms with van der Waals surface area (Å²) in [5.41, 5.74) is 0. The van der Waals surface area contributed by atoms with Crippen molar-refractivity contribution in [1.82, 2.24) is 10.3 Å². The molecule has 0 radical (unpaired) electrons.